The average Bonchev–Trinajstić information content (AvgIpc) is 2.92. The van der Waals surface area contributed by atoms with Crippen molar-refractivity contribution >= 4 is 29.3 Å². The Balaban J connectivity index is 1.56. The molecule has 1 N–H and O–H groups in total. The number of hydrogen-bond donors (Lipinski definition) is 1. The van der Waals surface area contributed by atoms with Gasteiger partial charge in [-0.2, -0.15) is 0 Å². The van der Waals surface area contributed by atoms with Crippen molar-refractivity contribution in [3.63, 3.8) is 0 Å². The smallest absolute Gasteiger partial charge is 0.261 e. The number of anilines is 1. The third-order valence-electron chi connectivity index (χ3n) is 4.87. The van der Waals surface area contributed by atoms with Gasteiger partial charge in [0.15, 0.2) is 11.5 Å². The molecule has 4 rings (SSSR count). The summed E-state index contributed by atoms with van der Waals surface area (Å²) in [6.45, 7) is 0.132. The maximum absolute atomic E-state index is 13.2. The van der Waals surface area contributed by atoms with Gasteiger partial charge in [-0.3, -0.25) is 14.5 Å². The first kappa shape index (κ1) is 20.7. The van der Waals surface area contributed by atoms with Gasteiger partial charge in [0, 0.05) is 23.2 Å². The Hall–Kier alpha value is -3.52. The highest BCUT2D eigenvalue weighted by atomic mass is 32.2. The summed E-state index contributed by atoms with van der Waals surface area (Å²) in [5, 5.41) is 3.51. The van der Waals surface area contributed by atoms with Crippen LogP contribution in [0.2, 0.25) is 0 Å². The van der Waals surface area contributed by atoms with Crippen LogP contribution in [-0.4, -0.2) is 37.6 Å². The van der Waals surface area contributed by atoms with Crippen LogP contribution in [0.25, 0.3) is 0 Å². The predicted octanol–water partition coefficient (Wildman–Crippen LogP) is 3.53. The molecule has 1 aromatic heterocycles. The van der Waals surface area contributed by atoms with E-state index in [9.17, 15) is 9.59 Å². The number of nitrogens with one attached hydrogen (secondary N) is 1. The molecule has 0 bridgehead atoms. The van der Waals surface area contributed by atoms with Crippen LogP contribution < -0.4 is 19.7 Å². The summed E-state index contributed by atoms with van der Waals surface area (Å²) in [6.07, 6.45) is 1.66. The number of hydrogen-bond acceptors (Lipinski definition) is 6. The number of fused-ring (bicyclic) bond motifs is 2. The molecule has 158 valence electrons. The maximum atomic E-state index is 13.2. The lowest BCUT2D eigenvalue weighted by molar-refractivity contribution is -0.119. The van der Waals surface area contributed by atoms with E-state index in [-0.39, 0.29) is 24.9 Å². The maximum Gasteiger partial charge on any atom is 0.261 e. The van der Waals surface area contributed by atoms with Gasteiger partial charge in [0.1, 0.15) is 11.6 Å². The molecule has 0 aliphatic carbocycles. The molecule has 3 aromatic rings. The van der Waals surface area contributed by atoms with Gasteiger partial charge >= 0.3 is 0 Å². The first-order valence-corrected chi connectivity index (χ1v) is 10.4. The van der Waals surface area contributed by atoms with E-state index in [0.29, 0.717) is 27.8 Å². The van der Waals surface area contributed by atoms with Crippen LogP contribution in [0, 0.1) is 0 Å². The summed E-state index contributed by atoms with van der Waals surface area (Å²) < 4.78 is 10.7. The fourth-order valence-corrected chi connectivity index (χ4v) is 4.42. The number of benzene rings is 2. The molecule has 0 unspecified atom stereocenters. The minimum atomic E-state index is -0.287. The van der Waals surface area contributed by atoms with Gasteiger partial charge in [-0.05, 0) is 30.3 Å². The highest BCUT2D eigenvalue weighted by Crippen LogP contribution is 2.40. The molecule has 0 atom stereocenters. The van der Waals surface area contributed by atoms with Gasteiger partial charge in [-0.25, -0.2) is 4.98 Å². The number of amides is 2. The Kier molecular flexibility index (Phi) is 6.08. The molecule has 1 aliphatic heterocycles. The third-order valence-corrected chi connectivity index (χ3v) is 5.96. The standard InChI is InChI=1S/C23H21N3O4S/c1-29-18-10-5-7-15(21(18)30-2)13-25-20(27)14-26-17-9-3-4-11-19(17)31-22-16(23(26)28)8-6-12-24-22/h3-12H,13-14H2,1-2H3,(H,25,27). The molecule has 2 heterocycles. The highest BCUT2D eigenvalue weighted by Gasteiger charge is 2.29. The van der Waals surface area contributed by atoms with Crippen molar-refractivity contribution in [1.29, 1.82) is 0 Å². The van der Waals surface area contributed by atoms with Crippen LogP contribution in [0.3, 0.4) is 0 Å². The van der Waals surface area contributed by atoms with E-state index in [1.807, 2.05) is 36.4 Å². The molecule has 8 heteroatoms. The highest BCUT2D eigenvalue weighted by molar-refractivity contribution is 7.99. The number of para-hydroxylation sites is 2. The van der Waals surface area contributed by atoms with Gasteiger partial charge in [0.25, 0.3) is 5.91 Å². The van der Waals surface area contributed by atoms with Crippen LogP contribution in [0.1, 0.15) is 15.9 Å². The second-order valence-electron chi connectivity index (χ2n) is 6.75. The second-order valence-corrected chi connectivity index (χ2v) is 7.78. The van der Waals surface area contributed by atoms with Crippen molar-refractivity contribution in [1.82, 2.24) is 10.3 Å². The summed E-state index contributed by atoms with van der Waals surface area (Å²) in [5.74, 6) is 0.616. The van der Waals surface area contributed by atoms with Crippen molar-refractivity contribution in [2.75, 3.05) is 25.7 Å². The second kappa shape index (κ2) is 9.09. The minimum Gasteiger partial charge on any atom is -0.493 e. The van der Waals surface area contributed by atoms with Crippen molar-refractivity contribution in [2.24, 2.45) is 0 Å². The molecule has 2 aromatic carbocycles. The van der Waals surface area contributed by atoms with Crippen molar-refractivity contribution in [2.45, 2.75) is 16.5 Å². The fraction of sp³-hybridized carbons (Fsp3) is 0.174. The topological polar surface area (TPSA) is 80.8 Å². The minimum absolute atomic E-state index is 0.114. The van der Waals surface area contributed by atoms with Gasteiger partial charge in [-0.15, -0.1) is 0 Å². The summed E-state index contributed by atoms with van der Waals surface area (Å²) in [6, 6.07) is 16.4. The Labute approximate surface area is 184 Å². The number of ether oxygens (including phenoxy) is 2. The SMILES string of the molecule is COc1cccc(CNC(=O)CN2C(=O)c3cccnc3Sc3ccccc32)c1OC. The van der Waals surface area contributed by atoms with Crippen LogP contribution in [0.15, 0.2) is 70.7 Å². The van der Waals surface area contributed by atoms with E-state index in [4.69, 9.17) is 9.47 Å². The lowest BCUT2D eigenvalue weighted by atomic mass is 10.2. The number of carbonyl (C=O) groups excluding carboxylic acids is 2. The average molecular weight is 436 g/mol. The van der Waals surface area contributed by atoms with Crippen LogP contribution in [0.5, 0.6) is 11.5 Å². The summed E-state index contributed by atoms with van der Waals surface area (Å²) >= 11 is 1.42. The number of pyridine rings is 1. The van der Waals surface area contributed by atoms with Crippen LogP contribution >= 0.6 is 11.8 Å². The van der Waals surface area contributed by atoms with E-state index in [1.54, 1.807) is 38.6 Å². The molecule has 7 nitrogen and oxygen atoms in total. The number of nitrogens with zero attached hydrogens (tertiary/aromatic N) is 2. The lowest BCUT2D eigenvalue weighted by Gasteiger charge is -2.22. The third kappa shape index (κ3) is 4.20. The largest absolute Gasteiger partial charge is 0.493 e. The molecule has 0 radical (unpaired) electrons. The van der Waals surface area contributed by atoms with E-state index in [1.165, 1.54) is 16.7 Å². The number of carbonyl (C=O) groups is 2. The van der Waals surface area contributed by atoms with Gasteiger partial charge in [-0.1, -0.05) is 36.0 Å². The zero-order valence-electron chi connectivity index (χ0n) is 17.1. The normalized spacial score (nSPS) is 12.5. The molecular weight excluding hydrogens is 414 g/mol. The summed E-state index contributed by atoms with van der Waals surface area (Å²) in [5.41, 5.74) is 1.94. The number of rotatable bonds is 6. The molecule has 0 saturated carbocycles. The zero-order chi connectivity index (χ0) is 21.8. The van der Waals surface area contributed by atoms with Crippen molar-refractivity contribution in [3.05, 3.63) is 71.9 Å². The van der Waals surface area contributed by atoms with E-state index in [2.05, 4.69) is 10.3 Å². The molecule has 0 spiro atoms. The molecule has 0 fully saturated rings. The van der Waals surface area contributed by atoms with Gasteiger partial charge in [0.2, 0.25) is 5.91 Å². The number of aromatic nitrogens is 1. The molecule has 2 amide bonds. The molecule has 1 aliphatic rings. The van der Waals surface area contributed by atoms with E-state index in [0.717, 1.165) is 10.5 Å². The lowest BCUT2D eigenvalue weighted by Crippen LogP contribution is -2.40. The van der Waals surface area contributed by atoms with Gasteiger partial charge < -0.3 is 14.8 Å². The fourth-order valence-electron chi connectivity index (χ4n) is 3.40. The van der Waals surface area contributed by atoms with E-state index < -0.39 is 0 Å². The number of methoxy groups -OCH3 is 2. The first-order chi connectivity index (χ1) is 15.1. The van der Waals surface area contributed by atoms with E-state index >= 15 is 0 Å². The monoisotopic (exact) mass is 435 g/mol. The quantitative estimate of drug-likeness (QED) is 0.638. The Morgan fingerprint density at radius 3 is 2.71 bits per heavy atom. The van der Waals surface area contributed by atoms with Crippen LogP contribution in [0.4, 0.5) is 5.69 Å². The molecule has 31 heavy (non-hydrogen) atoms. The first-order valence-electron chi connectivity index (χ1n) is 9.62. The Bertz CT molecular complexity index is 1140. The molecule has 0 saturated heterocycles. The Morgan fingerprint density at radius 1 is 1.06 bits per heavy atom. The summed E-state index contributed by atoms with van der Waals surface area (Å²) in [4.78, 5) is 32.8. The van der Waals surface area contributed by atoms with Gasteiger partial charge in [0.05, 0.1) is 25.5 Å². The van der Waals surface area contributed by atoms with Crippen molar-refractivity contribution < 1.29 is 19.1 Å². The Morgan fingerprint density at radius 2 is 1.90 bits per heavy atom. The summed E-state index contributed by atoms with van der Waals surface area (Å²) in [7, 11) is 3.12. The zero-order valence-corrected chi connectivity index (χ0v) is 17.9. The molecular formula is C23H21N3O4S. The van der Waals surface area contributed by atoms with Crippen LogP contribution in [-0.2, 0) is 11.3 Å². The van der Waals surface area contributed by atoms with Crippen molar-refractivity contribution in [3.8, 4) is 11.5 Å². The predicted molar refractivity (Wildman–Crippen MR) is 118 cm³/mol.